The molecule has 1 N–H and O–H groups in total. The molecule has 0 fully saturated rings. The fourth-order valence-corrected chi connectivity index (χ4v) is 1.89. The van der Waals surface area contributed by atoms with Gasteiger partial charge in [-0.1, -0.05) is 0 Å². The number of ether oxygens (including phenoxy) is 2. The molecule has 2 rings (SSSR count). The van der Waals surface area contributed by atoms with E-state index in [1.807, 2.05) is 0 Å². The predicted molar refractivity (Wildman–Crippen MR) is 65.4 cm³/mol. The topological polar surface area (TPSA) is 55.8 Å². The molecule has 1 aliphatic heterocycles. The maximum atomic E-state index is 13.5. The van der Waals surface area contributed by atoms with Crippen molar-refractivity contribution in [2.75, 3.05) is 13.7 Å². The van der Waals surface area contributed by atoms with Gasteiger partial charge in [-0.25, -0.2) is 0 Å². The summed E-state index contributed by atoms with van der Waals surface area (Å²) in [6.45, 7) is 2.31. The Morgan fingerprint density at radius 2 is 2.05 bits per heavy atom. The van der Waals surface area contributed by atoms with Gasteiger partial charge < -0.3 is 0 Å². The number of carbonyl (C=O) groups excluding carboxylic acids is 1. The minimum absolute atomic E-state index is 0.0855. The molecule has 1 heterocycles. The van der Waals surface area contributed by atoms with E-state index in [-0.39, 0.29) is 34.9 Å². The van der Waals surface area contributed by atoms with E-state index in [9.17, 15) is 18.7 Å². The van der Waals surface area contributed by atoms with Crippen LogP contribution in [0.1, 0.15) is 22.8 Å². The van der Waals surface area contributed by atoms with Crippen LogP contribution < -0.4 is 4.74 Å². The molecule has 0 aliphatic carbocycles. The van der Waals surface area contributed by atoms with Gasteiger partial charge in [0.05, 0.1) is 0 Å². The number of benzene rings is 1. The Bertz CT molecular complexity index is 569. The summed E-state index contributed by atoms with van der Waals surface area (Å²) in [5.74, 6) is -5.30. The molecule has 0 saturated heterocycles. The van der Waals surface area contributed by atoms with Gasteiger partial charge in [-0.05, 0) is 0 Å². The van der Waals surface area contributed by atoms with Crippen LogP contribution >= 0.6 is 0 Å². The molecule has 0 atom stereocenters. The number of rotatable bonds is 3. The monoisotopic (exact) mass is 268 g/mol. The number of alkyl halides is 2. The summed E-state index contributed by atoms with van der Waals surface area (Å²) >= 11 is 0. The average molecular weight is 268 g/mol. The molecule has 0 saturated carbocycles. The van der Waals surface area contributed by atoms with E-state index < -0.39 is 11.6 Å². The first-order chi connectivity index (χ1) is 8.90. The number of fused-ring (bicyclic) bond motifs is 1. The van der Waals surface area contributed by atoms with Gasteiger partial charge in [-0.15, -0.1) is 0 Å². The van der Waals surface area contributed by atoms with E-state index >= 15 is 0 Å². The molecule has 4 nitrogen and oxygen atoms in total. The number of Topliss-reactive ketones (excluding diaryl/α,β-unsaturated/α-hetero) is 1. The van der Waals surface area contributed by atoms with Crippen LogP contribution in [-0.4, -0.2) is 43.0 Å². The molecule has 0 unspecified atom stereocenters. The van der Waals surface area contributed by atoms with Crippen molar-refractivity contribution in [2.24, 2.45) is 0 Å². The van der Waals surface area contributed by atoms with Gasteiger partial charge in [0, 0.05) is 0 Å². The Kier molecular flexibility index (Phi) is 3.30. The first-order valence-electron chi connectivity index (χ1n) is 5.60. The number of hydrogen-bond donors (Lipinski definition) is 1. The quantitative estimate of drug-likeness (QED) is 0.842. The van der Waals surface area contributed by atoms with Crippen molar-refractivity contribution in [3.05, 3.63) is 23.3 Å². The van der Waals surface area contributed by atoms with Crippen LogP contribution in [0.2, 0.25) is 0 Å². The Hall–Kier alpha value is -1.92. The Morgan fingerprint density at radius 1 is 1.37 bits per heavy atom. The predicted octanol–water partition coefficient (Wildman–Crippen LogP) is 1.41. The average Bonchev–Trinajstić information content (AvgIpc) is 2.35. The molecule has 1 aliphatic rings. The van der Waals surface area contributed by atoms with Crippen molar-refractivity contribution < 1.29 is 28.2 Å². The summed E-state index contributed by atoms with van der Waals surface area (Å²) in [4.78, 5) is 11.6. The van der Waals surface area contributed by atoms with Crippen LogP contribution in [0.5, 0.6) is 11.5 Å². The number of halogens is 2. The van der Waals surface area contributed by atoms with Crippen molar-refractivity contribution in [1.29, 1.82) is 0 Å². The number of methoxy groups -OCH3 is 1. The molecule has 19 heavy (non-hydrogen) atoms. The van der Waals surface area contributed by atoms with Crippen molar-refractivity contribution in [2.45, 2.75) is 12.7 Å². The van der Waals surface area contributed by atoms with Crippen molar-refractivity contribution in [3.8, 4) is 11.5 Å². The number of carbonyl (C=O) groups is 1. The van der Waals surface area contributed by atoms with E-state index in [0.717, 1.165) is 6.07 Å². The van der Waals surface area contributed by atoms with Crippen molar-refractivity contribution >= 4 is 18.4 Å². The second-order valence-electron chi connectivity index (χ2n) is 3.96. The molecule has 0 amide bonds. The van der Waals surface area contributed by atoms with Gasteiger partial charge >= 0.3 is 108 Å². The zero-order valence-electron chi connectivity index (χ0n) is 10.4. The van der Waals surface area contributed by atoms with Crippen molar-refractivity contribution in [1.82, 2.24) is 0 Å². The van der Waals surface area contributed by atoms with Crippen LogP contribution in [0, 0.1) is 0 Å². The van der Waals surface area contributed by atoms with Gasteiger partial charge in [0.2, 0.25) is 0 Å². The normalized spacial score (nSPS) is 16.2. The molecule has 1 aromatic rings. The summed E-state index contributed by atoms with van der Waals surface area (Å²) in [6, 6.07) is 2.27. The summed E-state index contributed by atoms with van der Waals surface area (Å²) in [5, 5.41) is 9.59. The Labute approximate surface area is 108 Å². The van der Waals surface area contributed by atoms with Crippen LogP contribution in [0.25, 0.3) is 0 Å². The molecular formula is C12H11BF2O4. The number of phenolic OH excluding ortho intramolecular Hbond substituents is 1. The maximum absolute atomic E-state index is 13.5. The third-order valence-electron chi connectivity index (χ3n) is 2.74. The second-order valence-corrected chi connectivity index (χ2v) is 3.96. The zero-order chi connectivity index (χ0) is 14.2. The Balaban J connectivity index is 2.66. The number of phenols is 1. The van der Waals surface area contributed by atoms with Crippen LogP contribution in [0.4, 0.5) is 8.78 Å². The second kappa shape index (κ2) is 4.64. The Morgan fingerprint density at radius 3 is 2.63 bits per heavy atom. The minimum atomic E-state index is -3.64. The van der Waals surface area contributed by atoms with Gasteiger partial charge in [0.25, 0.3) is 0 Å². The molecule has 7 heteroatoms. The van der Waals surface area contributed by atoms with Crippen LogP contribution in [0.3, 0.4) is 0 Å². The molecule has 0 spiro atoms. The molecule has 1 aromatic carbocycles. The van der Waals surface area contributed by atoms with Gasteiger partial charge in [0.15, 0.2) is 0 Å². The van der Waals surface area contributed by atoms with Crippen LogP contribution in [0.15, 0.2) is 12.1 Å². The number of ketones is 1. The van der Waals surface area contributed by atoms with E-state index in [1.165, 1.54) is 13.2 Å². The summed E-state index contributed by atoms with van der Waals surface area (Å²) in [5.41, 5.74) is -0.193. The van der Waals surface area contributed by atoms with E-state index in [4.69, 9.17) is 9.47 Å². The van der Waals surface area contributed by atoms with Crippen molar-refractivity contribution in [3.63, 3.8) is 0 Å². The molecule has 100 valence electrons. The van der Waals surface area contributed by atoms with Gasteiger partial charge in [-0.3, -0.25) is 0 Å². The fourth-order valence-electron chi connectivity index (χ4n) is 1.89. The van der Waals surface area contributed by atoms with E-state index in [0.29, 0.717) is 6.92 Å². The molecule has 0 bridgehead atoms. The summed E-state index contributed by atoms with van der Waals surface area (Å²) < 4.78 is 37.1. The fraction of sp³-hybridized carbons (Fsp3) is 0.333. The van der Waals surface area contributed by atoms with E-state index in [1.54, 1.807) is 6.92 Å². The summed E-state index contributed by atoms with van der Waals surface area (Å²) in [6.07, 6.45) is 0. The first kappa shape index (κ1) is 13.5. The molecule has 0 aromatic heterocycles. The van der Waals surface area contributed by atoms with E-state index in [2.05, 4.69) is 0 Å². The number of hydrogen-bond acceptors (Lipinski definition) is 4. The SMILES string of the molecule is CCOC1=BC(F)(F)C(=O)c2cc(O)c(OC)cc21. The summed E-state index contributed by atoms with van der Waals surface area (Å²) in [7, 11) is 1.32. The molecular weight excluding hydrogens is 257 g/mol. The van der Waals surface area contributed by atoms with Gasteiger partial charge in [0.1, 0.15) is 0 Å². The standard InChI is InChI=1S/C12H11BF2O4/c1-3-19-11-7-5-9(18-2)8(16)4-6(7)10(17)12(14,15)13-11/h4-5,16H,3H2,1-2H3. The third-order valence-corrected chi connectivity index (χ3v) is 2.74. The van der Waals surface area contributed by atoms with Gasteiger partial charge in [-0.2, -0.15) is 0 Å². The zero-order valence-corrected chi connectivity index (χ0v) is 10.4. The number of aromatic hydroxyl groups is 1. The third kappa shape index (κ3) is 2.20. The molecule has 0 radical (unpaired) electrons. The first-order valence-corrected chi connectivity index (χ1v) is 5.60. The van der Waals surface area contributed by atoms with Crippen LogP contribution in [-0.2, 0) is 4.74 Å².